The summed E-state index contributed by atoms with van der Waals surface area (Å²) in [5.41, 5.74) is 7.93. The molecule has 2 aliphatic rings. The predicted molar refractivity (Wildman–Crippen MR) is 119 cm³/mol. The molecule has 1 aromatic heterocycles. The van der Waals surface area contributed by atoms with E-state index in [-0.39, 0.29) is 0 Å². The lowest BCUT2D eigenvalue weighted by molar-refractivity contribution is -0.661. The number of aromatic nitrogens is 1. The van der Waals surface area contributed by atoms with Gasteiger partial charge < -0.3 is 0 Å². The first-order chi connectivity index (χ1) is 13.4. The summed E-state index contributed by atoms with van der Waals surface area (Å²) >= 11 is 0. The molecule has 2 aliphatic carbocycles. The molecule has 2 saturated carbocycles. The standard InChI is InChI=1S/C27H38N/c1-21-19-22(26(2)15-7-5-8-16-26)11-13-24(21)25-14-12-23(20-28(25)4)27(3)17-9-6-10-18-27/h11-14,19-20H,5-10,15-18H2,1-4H3/q+1. The van der Waals surface area contributed by atoms with Gasteiger partial charge in [0.2, 0.25) is 5.69 Å². The van der Waals surface area contributed by atoms with E-state index in [1.54, 1.807) is 5.56 Å². The molecule has 2 fully saturated rings. The highest BCUT2D eigenvalue weighted by Crippen LogP contribution is 2.41. The van der Waals surface area contributed by atoms with Gasteiger partial charge in [-0.1, -0.05) is 64.5 Å². The van der Waals surface area contributed by atoms with E-state index in [4.69, 9.17) is 0 Å². The van der Waals surface area contributed by atoms with Gasteiger partial charge in [0.15, 0.2) is 6.20 Å². The average molecular weight is 377 g/mol. The Balaban J connectivity index is 1.64. The lowest BCUT2D eigenvalue weighted by atomic mass is 9.70. The van der Waals surface area contributed by atoms with Crippen molar-refractivity contribution in [1.29, 1.82) is 0 Å². The molecule has 0 saturated heterocycles. The summed E-state index contributed by atoms with van der Waals surface area (Å²) in [5, 5.41) is 0. The van der Waals surface area contributed by atoms with E-state index in [1.165, 1.54) is 86.6 Å². The summed E-state index contributed by atoms with van der Waals surface area (Å²) in [5.74, 6) is 0. The van der Waals surface area contributed by atoms with E-state index in [0.717, 1.165) is 0 Å². The third-order valence-electron chi connectivity index (χ3n) is 7.94. The van der Waals surface area contributed by atoms with Gasteiger partial charge in [0, 0.05) is 17.2 Å². The molecule has 1 aromatic carbocycles. The van der Waals surface area contributed by atoms with Gasteiger partial charge in [-0.05, 0) is 66.7 Å². The maximum absolute atomic E-state index is 2.47. The Labute approximate surface area is 172 Å². The van der Waals surface area contributed by atoms with Gasteiger partial charge >= 0.3 is 0 Å². The summed E-state index contributed by atoms with van der Waals surface area (Å²) in [6.07, 6.45) is 16.1. The minimum Gasteiger partial charge on any atom is -0.201 e. The van der Waals surface area contributed by atoms with Crippen LogP contribution in [0.4, 0.5) is 0 Å². The van der Waals surface area contributed by atoms with Crippen molar-refractivity contribution in [2.24, 2.45) is 7.05 Å². The van der Waals surface area contributed by atoms with Crippen molar-refractivity contribution in [3.8, 4) is 11.3 Å². The van der Waals surface area contributed by atoms with E-state index in [9.17, 15) is 0 Å². The van der Waals surface area contributed by atoms with Crippen molar-refractivity contribution < 1.29 is 4.57 Å². The summed E-state index contributed by atoms with van der Waals surface area (Å²) < 4.78 is 2.36. The van der Waals surface area contributed by atoms with Crippen molar-refractivity contribution >= 4 is 0 Å². The Morgan fingerprint density at radius 2 is 1.25 bits per heavy atom. The highest BCUT2D eigenvalue weighted by atomic mass is 14.9. The molecule has 1 heteroatoms. The second-order valence-corrected chi connectivity index (χ2v) is 10.2. The zero-order valence-electron chi connectivity index (χ0n) is 18.5. The second kappa shape index (κ2) is 7.65. The van der Waals surface area contributed by atoms with Crippen LogP contribution < -0.4 is 4.57 Å². The molecule has 1 nitrogen and oxygen atoms in total. The van der Waals surface area contributed by atoms with Crippen LogP contribution in [0, 0.1) is 6.92 Å². The Hall–Kier alpha value is -1.63. The highest BCUT2D eigenvalue weighted by molar-refractivity contribution is 5.62. The molecule has 0 bridgehead atoms. The summed E-state index contributed by atoms with van der Waals surface area (Å²) in [4.78, 5) is 0. The fourth-order valence-electron chi connectivity index (χ4n) is 5.81. The SMILES string of the molecule is Cc1cc(C2(C)CCCCC2)ccc1-c1ccc(C2(C)CCCCC2)c[n+]1C. The topological polar surface area (TPSA) is 3.88 Å². The Morgan fingerprint density at radius 3 is 1.79 bits per heavy atom. The molecule has 0 amide bonds. The van der Waals surface area contributed by atoms with Gasteiger partial charge in [-0.15, -0.1) is 0 Å². The number of hydrogen-bond donors (Lipinski definition) is 0. The Kier molecular flexibility index (Phi) is 5.38. The quantitative estimate of drug-likeness (QED) is 0.511. The molecule has 0 atom stereocenters. The predicted octanol–water partition coefficient (Wildman–Crippen LogP) is 6.93. The lowest BCUT2D eigenvalue weighted by Gasteiger charge is -2.34. The van der Waals surface area contributed by atoms with Crippen molar-refractivity contribution in [2.75, 3.05) is 0 Å². The van der Waals surface area contributed by atoms with Crippen LogP contribution in [0.5, 0.6) is 0 Å². The van der Waals surface area contributed by atoms with Crippen LogP contribution in [0.2, 0.25) is 0 Å². The fraction of sp³-hybridized carbons (Fsp3) is 0.593. The van der Waals surface area contributed by atoms with E-state index < -0.39 is 0 Å². The third kappa shape index (κ3) is 3.65. The molecule has 4 rings (SSSR count). The normalized spacial score (nSPS) is 21.4. The molecule has 0 aliphatic heterocycles. The number of aryl methyl sites for hydroxylation is 2. The van der Waals surface area contributed by atoms with Crippen molar-refractivity contribution in [1.82, 2.24) is 0 Å². The smallest absolute Gasteiger partial charge is 0.201 e. The van der Waals surface area contributed by atoms with E-state index in [2.05, 4.69) is 68.9 Å². The monoisotopic (exact) mass is 376 g/mol. The van der Waals surface area contributed by atoms with Gasteiger partial charge in [-0.3, -0.25) is 0 Å². The van der Waals surface area contributed by atoms with E-state index in [0.29, 0.717) is 10.8 Å². The molecule has 2 aromatic rings. The van der Waals surface area contributed by atoms with Crippen LogP contribution in [0.25, 0.3) is 11.3 Å². The summed E-state index contributed by atoms with van der Waals surface area (Å²) in [6, 6.07) is 12.0. The van der Waals surface area contributed by atoms with Gasteiger partial charge in [0.25, 0.3) is 0 Å². The molecular weight excluding hydrogens is 338 g/mol. The fourth-order valence-corrected chi connectivity index (χ4v) is 5.81. The third-order valence-corrected chi connectivity index (χ3v) is 7.94. The molecule has 0 N–H and O–H groups in total. The van der Waals surface area contributed by atoms with Crippen LogP contribution in [0.1, 0.15) is 94.7 Å². The Bertz CT molecular complexity index is 764. The molecule has 0 unspecified atom stereocenters. The van der Waals surface area contributed by atoms with Crippen molar-refractivity contribution in [2.45, 2.75) is 95.8 Å². The first-order valence-electron chi connectivity index (χ1n) is 11.5. The first kappa shape index (κ1) is 19.7. The van der Waals surface area contributed by atoms with Crippen LogP contribution >= 0.6 is 0 Å². The lowest BCUT2D eigenvalue weighted by Crippen LogP contribution is -2.35. The number of hydrogen-bond acceptors (Lipinski definition) is 0. The Morgan fingerprint density at radius 1 is 0.714 bits per heavy atom. The summed E-state index contributed by atoms with van der Waals surface area (Å²) in [7, 11) is 2.22. The number of pyridine rings is 1. The number of nitrogens with zero attached hydrogens (tertiary/aromatic N) is 1. The molecule has 0 spiro atoms. The van der Waals surface area contributed by atoms with Gasteiger partial charge in [0.05, 0.1) is 0 Å². The zero-order valence-corrected chi connectivity index (χ0v) is 18.5. The van der Waals surface area contributed by atoms with Crippen molar-refractivity contribution in [3.05, 3.63) is 53.2 Å². The minimum atomic E-state index is 0.364. The molecule has 150 valence electrons. The van der Waals surface area contributed by atoms with Gasteiger partial charge in [-0.2, -0.15) is 0 Å². The van der Waals surface area contributed by atoms with Crippen LogP contribution in [-0.2, 0) is 17.9 Å². The van der Waals surface area contributed by atoms with Gasteiger partial charge in [-0.25, -0.2) is 4.57 Å². The summed E-state index contributed by atoms with van der Waals surface area (Å²) in [6.45, 7) is 7.23. The molecule has 28 heavy (non-hydrogen) atoms. The molecule has 0 radical (unpaired) electrons. The maximum Gasteiger partial charge on any atom is 0.212 e. The number of rotatable bonds is 3. The minimum absolute atomic E-state index is 0.364. The maximum atomic E-state index is 2.47. The zero-order chi connectivity index (χ0) is 19.8. The number of benzene rings is 1. The first-order valence-corrected chi connectivity index (χ1v) is 11.5. The van der Waals surface area contributed by atoms with E-state index >= 15 is 0 Å². The van der Waals surface area contributed by atoms with Crippen LogP contribution in [0.3, 0.4) is 0 Å². The van der Waals surface area contributed by atoms with E-state index in [1.807, 2.05) is 0 Å². The largest absolute Gasteiger partial charge is 0.212 e. The molecule has 1 heterocycles. The van der Waals surface area contributed by atoms with Gasteiger partial charge in [0.1, 0.15) is 7.05 Å². The average Bonchev–Trinajstić information content (AvgIpc) is 2.69. The highest BCUT2D eigenvalue weighted by Gasteiger charge is 2.32. The van der Waals surface area contributed by atoms with Crippen molar-refractivity contribution in [3.63, 3.8) is 0 Å². The second-order valence-electron chi connectivity index (χ2n) is 10.2. The molecular formula is C27H38N+. The van der Waals surface area contributed by atoms with Crippen LogP contribution in [0.15, 0.2) is 36.5 Å². The van der Waals surface area contributed by atoms with Crippen LogP contribution in [-0.4, -0.2) is 0 Å².